The highest BCUT2D eigenvalue weighted by Gasteiger charge is 2.25. The molecule has 0 saturated heterocycles. The second-order valence-electron chi connectivity index (χ2n) is 4.06. The summed E-state index contributed by atoms with van der Waals surface area (Å²) in [5, 5.41) is 9.07. The monoisotopic (exact) mass is 256 g/mol. The van der Waals surface area contributed by atoms with Crippen molar-refractivity contribution in [3.63, 3.8) is 0 Å². The summed E-state index contributed by atoms with van der Waals surface area (Å²) in [5.41, 5.74) is 0.594. The smallest absolute Gasteiger partial charge is 0.244 e. The maximum atomic E-state index is 12.3. The molecule has 2 rings (SSSR count). The number of aliphatic hydroxyl groups excluding tert-OH is 1. The van der Waals surface area contributed by atoms with Crippen LogP contribution in [0.1, 0.15) is 12.1 Å². The molecule has 0 aromatic carbocycles. The van der Waals surface area contributed by atoms with Gasteiger partial charge in [0.1, 0.15) is 4.90 Å². The average Bonchev–Trinajstić information content (AvgIpc) is 2.72. The number of aromatic nitrogens is 1. The molecule has 0 amide bonds. The summed E-state index contributed by atoms with van der Waals surface area (Å²) in [7, 11) is -1.70. The van der Waals surface area contributed by atoms with Gasteiger partial charge in [-0.05, 0) is 12.5 Å². The quantitative estimate of drug-likeness (QED) is 0.800. The third-order valence-corrected chi connectivity index (χ3v) is 4.73. The molecule has 1 aliphatic rings. The minimum atomic E-state index is -3.42. The molecule has 0 fully saturated rings. The van der Waals surface area contributed by atoms with Crippen LogP contribution in [0.4, 0.5) is 0 Å². The van der Waals surface area contributed by atoms with E-state index in [-0.39, 0.29) is 11.5 Å². The van der Waals surface area contributed by atoms with Gasteiger partial charge in [-0.3, -0.25) is 0 Å². The Bertz CT molecular complexity index is 531. The van der Waals surface area contributed by atoms with E-state index in [0.717, 1.165) is 6.42 Å². The van der Waals surface area contributed by atoms with Crippen LogP contribution in [-0.2, 0) is 23.7 Å². The molecule has 0 unspecified atom stereocenters. The van der Waals surface area contributed by atoms with Crippen LogP contribution >= 0.6 is 0 Å². The largest absolute Gasteiger partial charge is 0.390 e. The Kier molecular flexibility index (Phi) is 3.37. The minimum Gasteiger partial charge on any atom is -0.390 e. The van der Waals surface area contributed by atoms with Crippen molar-refractivity contribution >= 4 is 10.0 Å². The SMILES string of the molecule is Cn1cc(S(=O)(=O)N2CC=CCC2)cc1CO. The maximum Gasteiger partial charge on any atom is 0.244 e. The van der Waals surface area contributed by atoms with E-state index in [2.05, 4.69) is 0 Å². The number of rotatable bonds is 3. The number of hydrogen-bond donors (Lipinski definition) is 1. The normalized spacial score (nSPS) is 17.5. The van der Waals surface area contributed by atoms with Crippen LogP contribution < -0.4 is 0 Å². The molecule has 0 spiro atoms. The fourth-order valence-corrected chi connectivity index (χ4v) is 3.36. The number of nitrogens with zero attached hydrogens (tertiary/aromatic N) is 2. The van der Waals surface area contributed by atoms with Gasteiger partial charge in [-0.2, -0.15) is 4.31 Å². The second-order valence-corrected chi connectivity index (χ2v) is 6.00. The molecule has 0 bridgehead atoms. The van der Waals surface area contributed by atoms with Gasteiger partial charge in [0.15, 0.2) is 0 Å². The molecular weight excluding hydrogens is 240 g/mol. The summed E-state index contributed by atoms with van der Waals surface area (Å²) in [5.74, 6) is 0. The molecule has 17 heavy (non-hydrogen) atoms. The van der Waals surface area contributed by atoms with Crippen LogP contribution in [0.15, 0.2) is 29.3 Å². The minimum absolute atomic E-state index is 0.161. The highest BCUT2D eigenvalue weighted by atomic mass is 32.2. The first-order valence-electron chi connectivity index (χ1n) is 5.47. The Balaban J connectivity index is 2.33. The van der Waals surface area contributed by atoms with Crippen LogP contribution in [-0.4, -0.2) is 35.5 Å². The van der Waals surface area contributed by atoms with Gasteiger partial charge in [0.05, 0.1) is 6.61 Å². The van der Waals surface area contributed by atoms with Gasteiger partial charge in [-0.1, -0.05) is 12.2 Å². The van der Waals surface area contributed by atoms with Crippen molar-refractivity contribution < 1.29 is 13.5 Å². The molecule has 2 heterocycles. The van der Waals surface area contributed by atoms with Gasteiger partial charge in [0.25, 0.3) is 0 Å². The molecule has 1 aromatic rings. The van der Waals surface area contributed by atoms with Crippen LogP contribution in [0, 0.1) is 0 Å². The molecular formula is C11H16N2O3S. The molecule has 1 aliphatic heterocycles. The Morgan fingerprint density at radius 1 is 1.41 bits per heavy atom. The van der Waals surface area contributed by atoms with Gasteiger partial charge in [-0.15, -0.1) is 0 Å². The summed E-state index contributed by atoms with van der Waals surface area (Å²) in [6, 6.07) is 1.52. The lowest BCUT2D eigenvalue weighted by molar-refractivity contribution is 0.272. The summed E-state index contributed by atoms with van der Waals surface area (Å²) >= 11 is 0. The van der Waals surface area contributed by atoms with E-state index in [1.54, 1.807) is 17.8 Å². The Morgan fingerprint density at radius 2 is 2.18 bits per heavy atom. The van der Waals surface area contributed by atoms with Gasteiger partial charge >= 0.3 is 0 Å². The first-order valence-corrected chi connectivity index (χ1v) is 6.91. The fraction of sp³-hybridized carbons (Fsp3) is 0.455. The predicted octanol–water partition coefficient (Wildman–Crippen LogP) is 0.468. The Labute approximate surface area is 101 Å². The van der Waals surface area contributed by atoms with Crippen molar-refractivity contribution in [2.24, 2.45) is 7.05 Å². The Morgan fingerprint density at radius 3 is 2.71 bits per heavy atom. The molecule has 0 radical (unpaired) electrons. The van der Waals surface area contributed by atoms with Crippen molar-refractivity contribution in [1.29, 1.82) is 0 Å². The van der Waals surface area contributed by atoms with E-state index in [1.807, 2.05) is 12.2 Å². The van der Waals surface area contributed by atoms with Gasteiger partial charge in [0, 0.05) is 32.0 Å². The van der Waals surface area contributed by atoms with E-state index in [4.69, 9.17) is 5.11 Å². The van der Waals surface area contributed by atoms with E-state index >= 15 is 0 Å². The number of sulfonamides is 1. The molecule has 0 atom stereocenters. The molecule has 0 saturated carbocycles. The lowest BCUT2D eigenvalue weighted by atomic mass is 10.3. The summed E-state index contributed by atoms with van der Waals surface area (Å²) in [6.07, 6.45) is 6.13. The fourth-order valence-electron chi connectivity index (χ4n) is 1.86. The standard InChI is InChI=1S/C11H16N2O3S/c1-12-8-11(7-10(12)9-14)17(15,16)13-5-3-2-4-6-13/h2-3,7-8,14H,4-6,9H2,1H3. The number of aryl methyl sites for hydroxylation is 1. The van der Waals surface area contributed by atoms with Gasteiger partial charge < -0.3 is 9.67 Å². The molecule has 1 N–H and O–H groups in total. The first-order chi connectivity index (χ1) is 8.05. The zero-order valence-corrected chi connectivity index (χ0v) is 10.5. The summed E-state index contributed by atoms with van der Waals surface area (Å²) < 4.78 is 27.6. The first kappa shape index (κ1) is 12.3. The molecule has 0 aliphatic carbocycles. The van der Waals surface area contributed by atoms with Crippen molar-refractivity contribution in [1.82, 2.24) is 8.87 Å². The van der Waals surface area contributed by atoms with Crippen molar-refractivity contribution in [2.75, 3.05) is 13.1 Å². The third-order valence-electron chi connectivity index (χ3n) is 2.90. The lowest BCUT2D eigenvalue weighted by Gasteiger charge is -2.21. The highest BCUT2D eigenvalue weighted by Crippen LogP contribution is 2.20. The van der Waals surface area contributed by atoms with E-state index < -0.39 is 10.0 Å². The summed E-state index contributed by atoms with van der Waals surface area (Å²) in [4.78, 5) is 0.249. The average molecular weight is 256 g/mol. The Hall–Kier alpha value is -1.11. The highest BCUT2D eigenvalue weighted by molar-refractivity contribution is 7.89. The molecule has 94 valence electrons. The van der Waals surface area contributed by atoms with Gasteiger partial charge in [0.2, 0.25) is 10.0 Å². The third kappa shape index (κ3) is 2.29. The maximum absolute atomic E-state index is 12.3. The van der Waals surface area contributed by atoms with Crippen LogP contribution in [0.25, 0.3) is 0 Å². The topological polar surface area (TPSA) is 62.5 Å². The van der Waals surface area contributed by atoms with E-state index in [9.17, 15) is 8.42 Å². The van der Waals surface area contributed by atoms with E-state index in [0.29, 0.717) is 18.8 Å². The molecule has 5 nitrogen and oxygen atoms in total. The van der Waals surface area contributed by atoms with E-state index in [1.165, 1.54) is 10.4 Å². The predicted molar refractivity (Wildman–Crippen MR) is 63.9 cm³/mol. The van der Waals surface area contributed by atoms with Crippen molar-refractivity contribution in [2.45, 2.75) is 17.9 Å². The van der Waals surface area contributed by atoms with Crippen LogP contribution in [0.3, 0.4) is 0 Å². The zero-order chi connectivity index (χ0) is 12.5. The van der Waals surface area contributed by atoms with Crippen molar-refractivity contribution in [3.8, 4) is 0 Å². The molecule has 6 heteroatoms. The number of hydrogen-bond acceptors (Lipinski definition) is 3. The lowest BCUT2D eigenvalue weighted by Crippen LogP contribution is -2.33. The number of aliphatic hydroxyl groups is 1. The molecule has 1 aromatic heterocycles. The van der Waals surface area contributed by atoms with Crippen molar-refractivity contribution in [3.05, 3.63) is 30.1 Å². The second kappa shape index (κ2) is 4.64. The summed E-state index contributed by atoms with van der Waals surface area (Å²) in [6.45, 7) is 0.778. The van der Waals surface area contributed by atoms with Crippen LogP contribution in [0.5, 0.6) is 0 Å². The van der Waals surface area contributed by atoms with Gasteiger partial charge in [-0.25, -0.2) is 8.42 Å². The zero-order valence-electron chi connectivity index (χ0n) is 9.70. The van der Waals surface area contributed by atoms with Crippen LogP contribution in [0.2, 0.25) is 0 Å².